The van der Waals surface area contributed by atoms with Crippen molar-refractivity contribution in [2.75, 3.05) is 13.1 Å². The summed E-state index contributed by atoms with van der Waals surface area (Å²) in [6.07, 6.45) is 4.23. The number of likely N-dealkylation sites (tertiary alicyclic amines) is 1. The molecule has 0 atom stereocenters. The molecule has 136 valence electrons. The third-order valence-corrected chi connectivity index (χ3v) is 5.01. The van der Waals surface area contributed by atoms with Crippen molar-refractivity contribution in [2.24, 2.45) is 0 Å². The lowest BCUT2D eigenvalue weighted by atomic mass is 9.95. The van der Waals surface area contributed by atoms with E-state index in [4.69, 9.17) is 0 Å². The summed E-state index contributed by atoms with van der Waals surface area (Å²) in [4.78, 5) is 14.5. The molecule has 0 N–H and O–H groups in total. The van der Waals surface area contributed by atoms with Crippen molar-refractivity contribution in [1.29, 1.82) is 0 Å². The van der Waals surface area contributed by atoms with Crippen LogP contribution >= 0.6 is 0 Å². The van der Waals surface area contributed by atoms with Crippen LogP contribution in [0, 0.1) is 13.8 Å². The second-order valence-corrected chi connectivity index (χ2v) is 7.25. The first-order valence-corrected chi connectivity index (χ1v) is 9.14. The van der Waals surface area contributed by atoms with Gasteiger partial charge in [-0.1, -0.05) is 0 Å². The second-order valence-electron chi connectivity index (χ2n) is 7.25. The van der Waals surface area contributed by atoms with E-state index in [0.717, 1.165) is 43.1 Å². The second kappa shape index (κ2) is 7.37. The van der Waals surface area contributed by atoms with Gasteiger partial charge in [0.15, 0.2) is 0 Å². The number of carbonyl (C=O) groups excluding carboxylic acids is 1. The normalized spacial score (nSPS) is 16.0. The fraction of sp³-hybridized carbons (Fsp3) is 0.667. The van der Waals surface area contributed by atoms with Crippen molar-refractivity contribution in [1.82, 2.24) is 29.4 Å². The Balaban J connectivity index is 1.52. The lowest BCUT2D eigenvalue weighted by Gasteiger charge is -2.32. The van der Waals surface area contributed by atoms with E-state index in [0.29, 0.717) is 24.9 Å². The molecule has 2 aromatic heterocycles. The van der Waals surface area contributed by atoms with Crippen LogP contribution in [0.4, 0.5) is 0 Å². The van der Waals surface area contributed by atoms with Crippen LogP contribution in [0.2, 0.25) is 0 Å². The van der Waals surface area contributed by atoms with E-state index in [-0.39, 0.29) is 5.91 Å². The molecule has 1 amide bonds. The fourth-order valence-electron chi connectivity index (χ4n) is 3.59. The zero-order chi connectivity index (χ0) is 18.0. The molecular weight excluding hydrogens is 316 g/mol. The molecule has 3 heterocycles. The first-order valence-electron chi connectivity index (χ1n) is 9.14. The summed E-state index contributed by atoms with van der Waals surface area (Å²) in [5, 5.41) is 12.8. The van der Waals surface area contributed by atoms with Gasteiger partial charge in [0.1, 0.15) is 12.2 Å². The van der Waals surface area contributed by atoms with E-state index in [1.54, 1.807) is 0 Å². The Labute approximate surface area is 149 Å². The molecule has 2 aromatic rings. The topological polar surface area (TPSA) is 68.8 Å². The number of carbonyl (C=O) groups is 1. The van der Waals surface area contributed by atoms with Crippen LogP contribution in [0.3, 0.4) is 0 Å². The molecule has 1 saturated heterocycles. The van der Waals surface area contributed by atoms with E-state index in [1.165, 1.54) is 0 Å². The van der Waals surface area contributed by atoms with Crippen molar-refractivity contribution in [3.63, 3.8) is 0 Å². The predicted octanol–water partition coefficient (Wildman–Crippen LogP) is 2.47. The van der Waals surface area contributed by atoms with Gasteiger partial charge in [-0.05, 0) is 46.6 Å². The highest BCUT2D eigenvalue weighted by molar-refractivity contribution is 5.76. The first kappa shape index (κ1) is 17.6. The predicted molar refractivity (Wildman–Crippen MR) is 95.3 cm³/mol. The minimum atomic E-state index is 0.219. The summed E-state index contributed by atoms with van der Waals surface area (Å²) >= 11 is 0. The van der Waals surface area contributed by atoms with Crippen LogP contribution < -0.4 is 0 Å². The minimum Gasteiger partial charge on any atom is -0.343 e. The lowest BCUT2D eigenvalue weighted by molar-refractivity contribution is -0.132. The monoisotopic (exact) mass is 344 g/mol. The van der Waals surface area contributed by atoms with Crippen LogP contribution in [0.25, 0.3) is 0 Å². The Morgan fingerprint density at radius 1 is 1.28 bits per heavy atom. The molecule has 0 spiro atoms. The summed E-state index contributed by atoms with van der Waals surface area (Å²) < 4.78 is 4.07. The third kappa shape index (κ3) is 3.91. The maximum Gasteiger partial charge on any atom is 0.224 e. The zero-order valence-corrected chi connectivity index (χ0v) is 15.6. The maximum atomic E-state index is 12.5. The van der Waals surface area contributed by atoms with Crippen LogP contribution in [-0.4, -0.2) is 48.4 Å². The fourth-order valence-corrected chi connectivity index (χ4v) is 3.59. The van der Waals surface area contributed by atoms with Gasteiger partial charge in [0.2, 0.25) is 5.91 Å². The highest BCUT2D eigenvalue weighted by atomic mass is 16.2. The van der Waals surface area contributed by atoms with Crippen LogP contribution in [0.5, 0.6) is 0 Å². The minimum absolute atomic E-state index is 0.219. The van der Waals surface area contributed by atoms with Gasteiger partial charge in [0.25, 0.3) is 0 Å². The molecule has 0 radical (unpaired) electrons. The van der Waals surface area contributed by atoms with Crippen LogP contribution in [0.15, 0.2) is 12.4 Å². The molecule has 1 aliphatic heterocycles. The molecule has 7 nitrogen and oxygen atoms in total. The zero-order valence-electron chi connectivity index (χ0n) is 15.6. The Morgan fingerprint density at radius 2 is 2.00 bits per heavy atom. The van der Waals surface area contributed by atoms with E-state index in [9.17, 15) is 4.79 Å². The quantitative estimate of drug-likeness (QED) is 0.835. The van der Waals surface area contributed by atoms with E-state index in [1.807, 2.05) is 35.8 Å². The van der Waals surface area contributed by atoms with Gasteiger partial charge in [-0.15, -0.1) is 10.2 Å². The molecule has 0 aromatic carbocycles. The van der Waals surface area contributed by atoms with Gasteiger partial charge < -0.3 is 9.47 Å². The Kier molecular flexibility index (Phi) is 5.20. The number of hydrogen-bond donors (Lipinski definition) is 0. The number of nitrogens with zero attached hydrogens (tertiary/aromatic N) is 6. The van der Waals surface area contributed by atoms with Crippen LogP contribution in [0.1, 0.15) is 62.3 Å². The largest absolute Gasteiger partial charge is 0.343 e. The van der Waals surface area contributed by atoms with E-state index >= 15 is 0 Å². The molecular formula is C18H28N6O. The van der Waals surface area contributed by atoms with E-state index < -0.39 is 0 Å². The standard InChI is InChI=1S/C18H28N6O/c1-13(2)23-12-19-20-18(23)16-5-8-22(9-6-16)17(25)7-10-24-15(4)11-14(3)21-24/h11-13,16H,5-10H2,1-4H3. The van der Waals surface area contributed by atoms with Crippen LogP contribution in [-0.2, 0) is 11.3 Å². The number of aromatic nitrogens is 5. The summed E-state index contributed by atoms with van der Waals surface area (Å²) in [6.45, 7) is 10.5. The number of hydrogen-bond acceptors (Lipinski definition) is 4. The SMILES string of the molecule is Cc1cc(C)n(CCC(=O)N2CCC(c3nncn3C(C)C)CC2)n1. The summed E-state index contributed by atoms with van der Waals surface area (Å²) in [5.41, 5.74) is 2.11. The number of amides is 1. The molecule has 3 rings (SSSR count). The van der Waals surface area contributed by atoms with E-state index in [2.05, 4.69) is 33.7 Å². The van der Waals surface area contributed by atoms with Crippen molar-refractivity contribution in [3.05, 3.63) is 29.6 Å². The average molecular weight is 344 g/mol. The molecule has 0 aliphatic carbocycles. The van der Waals surface area contributed by atoms with Crippen molar-refractivity contribution in [3.8, 4) is 0 Å². The third-order valence-electron chi connectivity index (χ3n) is 5.01. The maximum absolute atomic E-state index is 12.5. The Hall–Kier alpha value is -2.18. The smallest absolute Gasteiger partial charge is 0.224 e. The lowest BCUT2D eigenvalue weighted by Crippen LogP contribution is -2.38. The number of rotatable bonds is 5. The van der Waals surface area contributed by atoms with Gasteiger partial charge in [0.05, 0.1) is 5.69 Å². The molecule has 1 aliphatic rings. The highest BCUT2D eigenvalue weighted by Gasteiger charge is 2.27. The van der Waals surface area contributed by atoms with Gasteiger partial charge in [0, 0.05) is 43.7 Å². The highest BCUT2D eigenvalue weighted by Crippen LogP contribution is 2.28. The molecule has 25 heavy (non-hydrogen) atoms. The van der Waals surface area contributed by atoms with Crippen molar-refractivity contribution in [2.45, 2.75) is 65.5 Å². The molecule has 0 unspecified atom stereocenters. The average Bonchev–Trinajstić information content (AvgIpc) is 3.19. The number of piperidine rings is 1. The Morgan fingerprint density at radius 3 is 2.60 bits per heavy atom. The number of aryl methyl sites for hydroxylation is 3. The molecule has 7 heteroatoms. The van der Waals surface area contributed by atoms with Gasteiger partial charge in [-0.2, -0.15) is 5.10 Å². The van der Waals surface area contributed by atoms with Gasteiger partial charge in [-0.25, -0.2) is 0 Å². The Bertz CT molecular complexity index is 724. The van der Waals surface area contributed by atoms with Crippen molar-refractivity contribution >= 4 is 5.91 Å². The molecule has 1 fully saturated rings. The summed E-state index contributed by atoms with van der Waals surface area (Å²) in [5.74, 6) is 1.67. The summed E-state index contributed by atoms with van der Waals surface area (Å²) in [6, 6.07) is 2.41. The summed E-state index contributed by atoms with van der Waals surface area (Å²) in [7, 11) is 0. The molecule has 0 bridgehead atoms. The van der Waals surface area contributed by atoms with Gasteiger partial charge >= 0.3 is 0 Å². The molecule has 0 saturated carbocycles. The first-order chi connectivity index (χ1) is 12.0. The van der Waals surface area contributed by atoms with Crippen molar-refractivity contribution < 1.29 is 4.79 Å². The van der Waals surface area contributed by atoms with Gasteiger partial charge in [-0.3, -0.25) is 9.48 Å².